The molecule has 0 fully saturated rings. The maximum atomic E-state index is 8.99. The topological polar surface area (TPSA) is 79.2 Å². The maximum Gasteiger partial charge on any atom is 0.158 e. The van der Waals surface area contributed by atoms with Crippen LogP contribution in [0.15, 0.2) is 0 Å². The minimum Gasteiger partial charge on any atom is -0.396 e. The van der Waals surface area contributed by atoms with E-state index in [1.165, 1.54) is 0 Å². The summed E-state index contributed by atoms with van der Waals surface area (Å²) in [6.45, 7) is 13.1. The number of rotatable bonds is 12. The van der Waals surface area contributed by atoms with Gasteiger partial charge in [0.05, 0.1) is 12.7 Å². The maximum absolute atomic E-state index is 8.99. The lowest BCUT2D eigenvalue weighted by Gasteiger charge is -2.27. The third-order valence-electron chi connectivity index (χ3n) is 4.38. The molecule has 3 N–H and O–H groups in total. The predicted molar refractivity (Wildman–Crippen MR) is 103 cm³/mol. The van der Waals surface area contributed by atoms with Gasteiger partial charge >= 0.3 is 0 Å². The van der Waals surface area contributed by atoms with Gasteiger partial charge in [0, 0.05) is 26.7 Å². The summed E-state index contributed by atoms with van der Waals surface area (Å²) < 4.78 is 10.8. The predicted octanol–water partition coefficient (Wildman–Crippen LogP) is 3.60. The molecule has 0 aliphatic carbocycles. The first-order valence-electron chi connectivity index (χ1n) is 9.71. The quantitative estimate of drug-likeness (QED) is 0.461. The lowest BCUT2D eigenvalue weighted by molar-refractivity contribution is -0.177. The van der Waals surface area contributed by atoms with Gasteiger partial charge in [0.2, 0.25) is 0 Å². The highest BCUT2D eigenvalue weighted by molar-refractivity contribution is 4.65. The van der Waals surface area contributed by atoms with Crippen molar-refractivity contribution >= 4 is 0 Å². The van der Waals surface area contributed by atoms with E-state index in [0.717, 1.165) is 32.1 Å². The van der Waals surface area contributed by atoms with E-state index >= 15 is 0 Å². The van der Waals surface area contributed by atoms with Gasteiger partial charge < -0.3 is 24.8 Å². The molecule has 4 unspecified atom stereocenters. The van der Waals surface area contributed by atoms with E-state index in [4.69, 9.17) is 24.8 Å². The molecule has 0 amide bonds. The van der Waals surface area contributed by atoms with Gasteiger partial charge in [0.25, 0.3) is 0 Å². The first kappa shape index (κ1) is 27.0. The van der Waals surface area contributed by atoms with E-state index in [1.807, 2.05) is 6.92 Å². The summed E-state index contributed by atoms with van der Waals surface area (Å²) in [5.74, 6) is 0.763. The molecular formula is C20H44O5. The van der Waals surface area contributed by atoms with E-state index in [-0.39, 0.29) is 37.6 Å². The SMILES string of the molecule is CCC(CO)CC(CC)CO.CCC(CO)OC(CC(C)(C)C)OC. The summed E-state index contributed by atoms with van der Waals surface area (Å²) in [5.41, 5.74) is 0.175. The van der Waals surface area contributed by atoms with E-state index in [9.17, 15) is 0 Å². The summed E-state index contributed by atoms with van der Waals surface area (Å²) in [6, 6.07) is 0. The minimum atomic E-state index is -0.216. The number of methoxy groups -OCH3 is 1. The van der Waals surface area contributed by atoms with Gasteiger partial charge in [0.15, 0.2) is 6.29 Å². The van der Waals surface area contributed by atoms with Crippen LogP contribution in [0.1, 0.15) is 73.6 Å². The van der Waals surface area contributed by atoms with E-state index in [0.29, 0.717) is 11.8 Å². The fraction of sp³-hybridized carbons (Fsp3) is 1.00. The van der Waals surface area contributed by atoms with Gasteiger partial charge in [-0.15, -0.1) is 0 Å². The summed E-state index contributed by atoms with van der Waals surface area (Å²) in [5, 5.41) is 26.8. The van der Waals surface area contributed by atoms with Crippen LogP contribution in [0.5, 0.6) is 0 Å². The van der Waals surface area contributed by atoms with Gasteiger partial charge in [-0.1, -0.05) is 54.4 Å². The molecular weight excluding hydrogens is 320 g/mol. The molecule has 25 heavy (non-hydrogen) atoms. The van der Waals surface area contributed by atoms with Crippen LogP contribution in [0.3, 0.4) is 0 Å². The molecule has 0 radical (unpaired) electrons. The highest BCUT2D eigenvalue weighted by Gasteiger charge is 2.21. The van der Waals surface area contributed by atoms with Crippen LogP contribution in [-0.4, -0.2) is 54.6 Å². The second-order valence-electron chi connectivity index (χ2n) is 7.93. The Morgan fingerprint density at radius 1 is 0.800 bits per heavy atom. The molecule has 5 heteroatoms. The summed E-state index contributed by atoms with van der Waals surface area (Å²) in [6.07, 6.45) is 4.29. The smallest absolute Gasteiger partial charge is 0.158 e. The standard InChI is InChI=1S/C11H24O3.C9H20O2/c1-6-9(8-12)14-10(13-5)7-11(2,3)4;1-3-8(6-10)5-9(4-2)7-11/h9-10,12H,6-8H2,1-5H3;8-11H,3-7H2,1-2H3. The van der Waals surface area contributed by atoms with Crippen LogP contribution in [0, 0.1) is 17.3 Å². The second-order valence-corrected chi connectivity index (χ2v) is 7.93. The number of hydrogen-bond acceptors (Lipinski definition) is 5. The first-order chi connectivity index (χ1) is 11.7. The zero-order valence-electron chi connectivity index (χ0n) is 17.6. The van der Waals surface area contributed by atoms with Crippen LogP contribution >= 0.6 is 0 Å². The van der Waals surface area contributed by atoms with Gasteiger partial charge in [0.1, 0.15) is 0 Å². The highest BCUT2D eigenvalue weighted by atomic mass is 16.7. The summed E-state index contributed by atoms with van der Waals surface area (Å²) in [7, 11) is 1.64. The number of aliphatic hydroxyl groups excluding tert-OH is 3. The van der Waals surface area contributed by atoms with Crippen LogP contribution in [0.25, 0.3) is 0 Å². The normalized spacial score (nSPS) is 16.6. The van der Waals surface area contributed by atoms with Crippen molar-refractivity contribution in [1.29, 1.82) is 0 Å². The Labute approximate surface area is 155 Å². The van der Waals surface area contributed by atoms with Gasteiger partial charge in [-0.25, -0.2) is 0 Å². The molecule has 0 aliphatic rings. The van der Waals surface area contributed by atoms with Gasteiger partial charge in [-0.3, -0.25) is 0 Å². The third kappa shape index (κ3) is 15.7. The zero-order chi connectivity index (χ0) is 19.9. The fourth-order valence-electron chi connectivity index (χ4n) is 2.38. The molecule has 0 bridgehead atoms. The lowest BCUT2D eigenvalue weighted by Crippen LogP contribution is -2.29. The largest absolute Gasteiger partial charge is 0.396 e. The number of hydrogen-bond donors (Lipinski definition) is 3. The Kier molecular flexibility index (Phi) is 17.3. The number of aliphatic hydroxyl groups is 3. The molecule has 0 rings (SSSR count). The second kappa shape index (κ2) is 16.0. The summed E-state index contributed by atoms with van der Waals surface area (Å²) >= 11 is 0. The molecule has 0 saturated carbocycles. The van der Waals surface area contributed by atoms with Crippen LogP contribution in [0.4, 0.5) is 0 Å². The molecule has 0 aromatic carbocycles. The van der Waals surface area contributed by atoms with E-state index in [1.54, 1.807) is 7.11 Å². The zero-order valence-corrected chi connectivity index (χ0v) is 17.6. The van der Waals surface area contributed by atoms with Crippen molar-refractivity contribution in [3.05, 3.63) is 0 Å². The molecule has 154 valence electrons. The van der Waals surface area contributed by atoms with Crippen molar-refractivity contribution in [3.8, 4) is 0 Å². The molecule has 0 aromatic heterocycles. The molecule has 0 aliphatic heterocycles. The monoisotopic (exact) mass is 364 g/mol. The first-order valence-corrected chi connectivity index (χ1v) is 9.71. The fourth-order valence-corrected chi connectivity index (χ4v) is 2.38. The van der Waals surface area contributed by atoms with Crippen molar-refractivity contribution in [1.82, 2.24) is 0 Å². The van der Waals surface area contributed by atoms with E-state index < -0.39 is 0 Å². The molecule has 0 aromatic rings. The Hall–Kier alpha value is -0.200. The number of ether oxygens (including phenoxy) is 2. The van der Waals surface area contributed by atoms with Crippen LogP contribution in [-0.2, 0) is 9.47 Å². The molecule has 0 saturated heterocycles. The van der Waals surface area contributed by atoms with Crippen LogP contribution in [0.2, 0.25) is 0 Å². The van der Waals surface area contributed by atoms with Crippen molar-refractivity contribution in [2.45, 2.75) is 86.0 Å². The van der Waals surface area contributed by atoms with Crippen molar-refractivity contribution in [2.75, 3.05) is 26.9 Å². The third-order valence-corrected chi connectivity index (χ3v) is 4.38. The molecule has 0 spiro atoms. The molecule has 0 heterocycles. The average molecular weight is 365 g/mol. The minimum absolute atomic E-state index is 0.0561. The van der Waals surface area contributed by atoms with Crippen molar-refractivity contribution in [3.63, 3.8) is 0 Å². The summed E-state index contributed by atoms with van der Waals surface area (Å²) in [4.78, 5) is 0. The molecule has 5 nitrogen and oxygen atoms in total. The Balaban J connectivity index is 0. The Morgan fingerprint density at radius 2 is 1.28 bits per heavy atom. The lowest BCUT2D eigenvalue weighted by atomic mass is 9.92. The Morgan fingerprint density at radius 3 is 1.52 bits per heavy atom. The van der Waals surface area contributed by atoms with Gasteiger partial charge in [-0.05, 0) is 30.1 Å². The molecule has 4 atom stereocenters. The van der Waals surface area contributed by atoms with Crippen LogP contribution < -0.4 is 0 Å². The van der Waals surface area contributed by atoms with Crippen molar-refractivity contribution in [2.24, 2.45) is 17.3 Å². The Bertz CT molecular complexity index is 256. The van der Waals surface area contributed by atoms with E-state index in [2.05, 4.69) is 34.6 Å². The van der Waals surface area contributed by atoms with Gasteiger partial charge in [-0.2, -0.15) is 0 Å². The highest BCUT2D eigenvalue weighted by Crippen LogP contribution is 2.23. The average Bonchev–Trinajstić information content (AvgIpc) is 2.59. The van der Waals surface area contributed by atoms with Crippen molar-refractivity contribution < 1.29 is 24.8 Å².